The monoisotopic (exact) mass is 486 g/mol. The minimum atomic E-state index is -1.62. The van der Waals surface area contributed by atoms with E-state index in [-0.39, 0.29) is 44.0 Å². The number of allylic oxidation sites excluding steroid dienone is 2. The van der Waals surface area contributed by atoms with Gasteiger partial charge in [0, 0.05) is 24.4 Å². The van der Waals surface area contributed by atoms with E-state index in [4.69, 9.17) is 9.72 Å². The van der Waals surface area contributed by atoms with Crippen molar-refractivity contribution in [3.05, 3.63) is 38.2 Å². The predicted octanol–water partition coefficient (Wildman–Crippen LogP) is 6.17. The Morgan fingerprint density at radius 2 is 1.77 bits per heavy atom. The summed E-state index contributed by atoms with van der Waals surface area (Å²) in [6.45, 7) is 12.2. The van der Waals surface area contributed by atoms with E-state index in [1.165, 1.54) is 6.42 Å². The van der Waals surface area contributed by atoms with Crippen molar-refractivity contribution in [1.29, 1.82) is 0 Å². The molecule has 6 heteroatoms. The standard InChI is InChI=1S/C21H37N2OSSi.3CH3.Ti/c1-11-9-14-16-15-10-12(2)25-20(15)21(26(7,8)22-4)18(16)23(5)17(14)13(3)19(11)24-6;;;;/h10-11,13-21H,9H2,1-8H3;3*1H3;/q4*-1;+4. The molecule has 0 aromatic carbocycles. The number of methoxy groups -OCH3 is 1. The van der Waals surface area contributed by atoms with Crippen LogP contribution in [-0.4, -0.2) is 57.8 Å². The molecule has 2 heterocycles. The Morgan fingerprint density at radius 1 is 1.17 bits per heavy atom. The van der Waals surface area contributed by atoms with Crippen LogP contribution in [0.1, 0.15) is 27.2 Å². The van der Waals surface area contributed by atoms with Crippen LogP contribution in [0.15, 0.2) is 11.0 Å². The molecule has 0 aromatic heterocycles. The van der Waals surface area contributed by atoms with Crippen molar-refractivity contribution in [3.63, 3.8) is 0 Å². The van der Waals surface area contributed by atoms with Crippen molar-refractivity contribution >= 4 is 20.0 Å². The van der Waals surface area contributed by atoms with Gasteiger partial charge in [-0.1, -0.05) is 41.3 Å². The van der Waals surface area contributed by atoms with Crippen molar-refractivity contribution in [2.75, 3.05) is 21.2 Å². The van der Waals surface area contributed by atoms with Crippen LogP contribution < -0.4 is 0 Å². The molecule has 0 N–H and O–H groups in total. The fourth-order valence-electron chi connectivity index (χ4n) is 7.54. The molecule has 2 saturated carbocycles. The van der Waals surface area contributed by atoms with Crippen molar-refractivity contribution < 1.29 is 26.5 Å². The SMILES string of the molecule is C[N-][Si](C)(C)C1C2SC(C)=CC2C2C3CC(C)C(OC)C(C)C3N(C)C21.[CH3-].[CH3-].[CH3-].[Ti+4]. The van der Waals surface area contributed by atoms with Gasteiger partial charge in [-0.05, 0) is 60.4 Å². The van der Waals surface area contributed by atoms with Gasteiger partial charge in [-0.3, -0.25) is 4.90 Å². The topological polar surface area (TPSA) is 26.6 Å². The van der Waals surface area contributed by atoms with E-state index in [1.54, 1.807) is 4.91 Å². The number of hydrogen-bond acceptors (Lipinski definition) is 3. The van der Waals surface area contributed by atoms with E-state index in [9.17, 15) is 0 Å². The summed E-state index contributed by atoms with van der Waals surface area (Å²) in [5, 5.41) is 0.768. The number of rotatable bonds is 3. The second-order valence-corrected chi connectivity index (χ2v) is 15.8. The average Bonchev–Trinajstić information content (AvgIpc) is 3.16. The Hall–Kier alpha value is 0.901. The van der Waals surface area contributed by atoms with Gasteiger partial charge in [0.25, 0.3) is 0 Å². The zero-order valence-corrected chi connectivity index (χ0v) is 24.6. The number of thioether (sulfide) groups is 1. The fraction of sp³-hybridized carbons (Fsp3) is 0.792. The van der Waals surface area contributed by atoms with E-state index in [0.717, 1.165) is 28.5 Å². The van der Waals surface area contributed by atoms with E-state index in [1.807, 2.05) is 7.11 Å². The molecule has 10 unspecified atom stereocenters. The van der Waals surface area contributed by atoms with Crippen LogP contribution in [0, 0.1) is 51.9 Å². The average molecular weight is 487 g/mol. The van der Waals surface area contributed by atoms with Gasteiger partial charge in [-0.25, -0.2) is 0 Å². The van der Waals surface area contributed by atoms with Crippen LogP contribution >= 0.6 is 11.8 Å². The van der Waals surface area contributed by atoms with Gasteiger partial charge in [0.1, 0.15) is 0 Å². The third kappa shape index (κ3) is 4.35. The molecule has 4 aliphatic rings. The van der Waals surface area contributed by atoms with Gasteiger partial charge < -0.3 is 32.0 Å². The fourth-order valence-corrected chi connectivity index (χ4v) is 12.8. The maximum atomic E-state index is 5.96. The number of nitrogens with zero attached hydrogens (tertiary/aromatic N) is 2. The summed E-state index contributed by atoms with van der Waals surface area (Å²) in [6.07, 6.45) is 4.38. The summed E-state index contributed by atoms with van der Waals surface area (Å²) in [4.78, 5) is 9.38. The smallest absolute Gasteiger partial charge is 0.667 e. The number of ether oxygens (including phenoxy) is 1. The first-order chi connectivity index (χ1) is 12.2. The molecule has 2 aliphatic carbocycles. The minimum Gasteiger partial charge on any atom is -0.667 e. The summed E-state index contributed by atoms with van der Waals surface area (Å²) >= 11 is 2.18. The maximum Gasteiger partial charge on any atom is 4.00 e. The van der Waals surface area contributed by atoms with E-state index >= 15 is 0 Å². The van der Waals surface area contributed by atoms with Crippen LogP contribution in [0.5, 0.6) is 0 Å². The third-order valence-corrected chi connectivity index (χ3v) is 13.6. The molecule has 172 valence electrons. The Morgan fingerprint density at radius 3 is 2.30 bits per heavy atom. The number of likely N-dealkylation sites (tertiary alicyclic amines) is 1. The Labute approximate surface area is 208 Å². The van der Waals surface area contributed by atoms with Crippen LogP contribution in [0.25, 0.3) is 4.98 Å². The second-order valence-electron chi connectivity index (χ2n) is 10.0. The van der Waals surface area contributed by atoms with Gasteiger partial charge in [-0.15, -0.1) is 11.8 Å². The first-order valence-electron chi connectivity index (χ1n) is 10.4. The molecule has 4 rings (SSSR count). The molecule has 0 amide bonds. The minimum absolute atomic E-state index is 0. The molecule has 0 spiro atoms. The largest absolute Gasteiger partial charge is 4.00 e. The summed E-state index contributed by atoms with van der Waals surface area (Å²) in [5.74, 6) is 3.69. The molecule has 0 radical (unpaired) electrons. The summed E-state index contributed by atoms with van der Waals surface area (Å²) in [7, 11) is 4.81. The van der Waals surface area contributed by atoms with Crippen LogP contribution in [0.3, 0.4) is 0 Å². The van der Waals surface area contributed by atoms with E-state index < -0.39 is 8.24 Å². The van der Waals surface area contributed by atoms with Gasteiger partial charge in [0.15, 0.2) is 0 Å². The first kappa shape index (κ1) is 30.9. The van der Waals surface area contributed by atoms with Gasteiger partial charge in [-0.2, -0.15) is 7.05 Å². The molecule has 10 atom stereocenters. The molecule has 2 aliphatic heterocycles. The molecule has 1 saturated heterocycles. The molecule has 30 heavy (non-hydrogen) atoms. The maximum absolute atomic E-state index is 5.96. The number of fused-ring (bicyclic) bond motifs is 5. The van der Waals surface area contributed by atoms with Gasteiger partial charge >= 0.3 is 21.7 Å². The molecular formula is C24H46N2OSSiTi. The van der Waals surface area contributed by atoms with Crippen molar-refractivity contribution in [2.24, 2.45) is 29.6 Å². The van der Waals surface area contributed by atoms with Gasteiger partial charge in [0.2, 0.25) is 0 Å². The molecular weight excluding hydrogens is 440 g/mol. The summed E-state index contributed by atoms with van der Waals surface area (Å²) in [5.41, 5.74) is 0.764. The van der Waals surface area contributed by atoms with Crippen LogP contribution in [0.4, 0.5) is 0 Å². The zero-order valence-electron chi connectivity index (χ0n) is 21.3. The van der Waals surface area contributed by atoms with E-state index in [0.29, 0.717) is 30.0 Å². The third-order valence-electron chi connectivity index (χ3n) is 8.49. The molecule has 0 aromatic rings. The van der Waals surface area contributed by atoms with Crippen LogP contribution in [-0.2, 0) is 26.5 Å². The second kappa shape index (κ2) is 10.9. The Balaban J connectivity index is 0.00000210. The normalized spacial score (nSPS) is 44.3. The van der Waals surface area contributed by atoms with Crippen molar-refractivity contribution in [1.82, 2.24) is 4.90 Å². The first-order valence-corrected chi connectivity index (χ1v) is 14.3. The molecule has 0 bridgehead atoms. The molecule has 3 fully saturated rings. The van der Waals surface area contributed by atoms with Crippen molar-refractivity contribution in [2.45, 2.75) is 69.3 Å². The predicted molar refractivity (Wildman–Crippen MR) is 134 cm³/mol. The Bertz CT molecular complexity index is 604. The summed E-state index contributed by atoms with van der Waals surface area (Å²) in [6, 6.07) is 1.39. The van der Waals surface area contributed by atoms with E-state index in [2.05, 4.69) is 70.7 Å². The zero-order chi connectivity index (χ0) is 19.0. The molecule has 3 nitrogen and oxygen atoms in total. The van der Waals surface area contributed by atoms with Crippen LogP contribution in [0.2, 0.25) is 18.6 Å². The number of hydrogen-bond donors (Lipinski definition) is 0. The van der Waals surface area contributed by atoms with Gasteiger partial charge in [0.05, 0.1) is 6.10 Å². The Kier molecular flexibility index (Phi) is 11.2. The van der Waals surface area contributed by atoms with Crippen molar-refractivity contribution in [3.8, 4) is 0 Å². The summed E-state index contributed by atoms with van der Waals surface area (Å²) < 4.78 is 5.96. The quantitative estimate of drug-likeness (QED) is 0.353.